The molecule has 7 atom stereocenters. The Morgan fingerprint density at radius 1 is 0.915 bits per heavy atom. The lowest BCUT2D eigenvalue weighted by Gasteiger charge is -2.44. The van der Waals surface area contributed by atoms with Gasteiger partial charge in [-0.2, -0.15) is 18.6 Å². The number of carbonyl (C=O) groups is 3. The van der Waals surface area contributed by atoms with Gasteiger partial charge in [0.2, 0.25) is 11.8 Å². The molecule has 0 bridgehead atoms. The van der Waals surface area contributed by atoms with Crippen LogP contribution in [0.25, 0.3) is 10.8 Å². The minimum absolute atomic E-state index is 0.0122. The summed E-state index contributed by atoms with van der Waals surface area (Å²) in [5.41, 5.74) is 3.80. The number of amides is 3. The van der Waals surface area contributed by atoms with Crippen LogP contribution < -0.4 is 26.2 Å². The normalized spacial score (nSPS) is 19.5. The van der Waals surface area contributed by atoms with Crippen molar-refractivity contribution in [3.63, 3.8) is 0 Å². The number of nitrogens with zero attached hydrogens (tertiary/aromatic N) is 6. The summed E-state index contributed by atoms with van der Waals surface area (Å²) in [6, 6.07) is 22.3. The second-order valence-electron chi connectivity index (χ2n) is 16.6. The third kappa shape index (κ3) is 14.8. The van der Waals surface area contributed by atoms with Crippen molar-refractivity contribution in [1.82, 2.24) is 30.9 Å². The minimum atomic E-state index is -4.49. The lowest BCUT2D eigenvalue weighted by molar-refractivity contribution is -0.316. The molecule has 2 unspecified atom stereocenters. The van der Waals surface area contributed by atoms with Gasteiger partial charge in [0.15, 0.2) is 16.9 Å². The fourth-order valence-corrected chi connectivity index (χ4v) is 8.32. The Bertz CT molecular complexity index is 2730. The van der Waals surface area contributed by atoms with E-state index in [2.05, 4.69) is 57.7 Å². The molecule has 5 aromatic rings. The lowest BCUT2D eigenvalue weighted by atomic mass is 9.97. The number of hydrogen-bond donors (Lipinski definition) is 8. The Hall–Kier alpha value is -6.00. The fourth-order valence-electron chi connectivity index (χ4n) is 7.23. The first-order valence-electron chi connectivity index (χ1n) is 22.3. The Morgan fingerprint density at radius 2 is 1.59 bits per heavy atom. The van der Waals surface area contributed by atoms with Gasteiger partial charge in [-0.3, -0.25) is 18.9 Å². The number of fused-ring (bicyclic) bond motifs is 1. The van der Waals surface area contributed by atoms with E-state index in [0.29, 0.717) is 39.1 Å². The SMILES string of the molecule is CC(=O)N[C@H]1[C@H](OC(OCCOCCn2cc(CNC(=O)c3ccc(/N=N/c4ccc(N(C)C)cc4)cc3)nn2)C(C)(Br)C(=O)NCCNc2cccc3c(S(=O)(=O)O)cccc23)O[C@H](CO)[C@@H](O)[C@@H]1O. The van der Waals surface area contributed by atoms with Crippen molar-refractivity contribution < 1.29 is 61.6 Å². The van der Waals surface area contributed by atoms with Gasteiger partial charge in [0.25, 0.3) is 16.0 Å². The molecule has 23 nitrogen and oxygen atoms in total. The van der Waals surface area contributed by atoms with Crippen molar-refractivity contribution >= 4 is 77.3 Å². The number of ether oxygens (including phenoxy) is 4. The molecule has 3 amide bonds. The van der Waals surface area contributed by atoms with Crippen LogP contribution in [0.1, 0.15) is 29.9 Å². The van der Waals surface area contributed by atoms with E-state index >= 15 is 0 Å². The van der Waals surface area contributed by atoms with Gasteiger partial charge >= 0.3 is 0 Å². The molecule has 71 heavy (non-hydrogen) atoms. The van der Waals surface area contributed by atoms with Gasteiger partial charge in [0.05, 0.1) is 57.1 Å². The van der Waals surface area contributed by atoms with Gasteiger partial charge < -0.3 is 60.4 Å². The van der Waals surface area contributed by atoms with E-state index in [9.17, 15) is 42.7 Å². The average Bonchev–Trinajstić information content (AvgIpc) is 3.81. The standard InChI is InChI=1S/C46H57BrN10O13S/c1-28(59)51-39-41(61)40(60)37(27-58)69-43(39)70-45(46(2,47)44(63)49-20-19-48-36-9-5-8-35-34(36)7-6-10-38(35)71(64,65)66)68-24-23-67-22-21-57-26-32(54-55-57)25-50-42(62)29-11-13-30(14-12-29)52-53-31-15-17-33(18-16-31)56(3)4/h5-18,26,37,39-41,43,45,48,58,60-61H,19-25,27H2,1-4H3,(H,49,63)(H,50,62)(H,51,59)(H,64,65,66)/b53-52+/t37-,39-,40-,41-,43+,45?,46?/m1/s1. The van der Waals surface area contributed by atoms with Crippen molar-refractivity contribution in [3.8, 4) is 0 Å². The van der Waals surface area contributed by atoms with E-state index < -0.39 is 69.8 Å². The van der Waals surface area contributed by atoms with E-state index in [-0.39, 0.29) is 56.8 Å². The highest BCUT2D eigenvalue weighted by molar-refractivity contribution is 9.10. The van der Waals surface area contributed by atoms with Crippen LogP contribution in [0.2, 0.25) is 0 Å². The number of rotatable bonds is 24. The van der Waals surface area contributed by atoms with Gasteiger partial charge in [-0.25, -0.2) is 4.68 Å². The van der Waals surface area contributed by atoms with Crippen LogP contribution in [0.15, 0.2) is 106 Å². The summed E-state index contributed by atoms with van der Waals surface area (Å²) in [5, 5.41) is 60.1. The van der Waals surface area contributed by atoms with Gasteiger partial charge in [-0.1, -0.05) is 45.4 Å². The van der Waals surface area contributed by atoms with E-state index in [1.54, 1.807) is 54.7 Å². The molecule has 2 heterocycles. The van der Waals surface area contributed by atoms with Crippen LogP contribution in [0.4, 0.5) is 22.7 Å². The summed E-state index contributed by atoms with van der Waals surface area (Å²) in [7, 11) is -0.579. The highest BCUT2D eigenvalue weighted by Gasteiger charge is 2.49. The summed E-state index contributed by atoms with van der Waals surface area (Å²) in [6.45, 7) is 2.52. The van der Waals surface area contributed by atoms with Crippen LogP contribution in [0, 0.1) is 0 Å². The smallest absolute Gasteiger partial charge is 0.295 e. The van der Waals surface area contributed by atoms with Crippen molar-refractivity contribution in [2.75, 3.05) is 63.8 Å². The summed E-state index contributed by atoms with van der Waals surface area (Å²) >= 11 is 3.44. The zero-order valence-electron chi connectivity index (χ0n) is 39.2. The van der Waals surface area contributed by atoms with Crippen molar-refractivity contribution in [1.29, 1.82) is 0 Å². The first-order chi connectivity index (χ1) is 33.8. The molecule has 0 radical (unpaired) electrons. The number of hydrogen-bond acceptors (Lipinski definition) is 18. The third-order valence-electron chi connectivity index (χ3n) is 11.0. The van der Waals surface area contributed by atoms with Crippen LogP contribution in [-0.4, -0.2) is 156 Å². The summed E-state index contributed by atoms with van der Waals surface area (Å²) in [5.74, 6) is -1.53. The van der Waals surface area contributed by atoms with Crippen molar-refractivity contribution in [2.24, 2.45) is 10.2 Å². The maximum absolute atomic E-state index is 13.8. The topological polar surface area (TPSA) is 310 Å². The molecule has 1 saturated heterocycles. The maximum atomic E-state index is 13.8. The zero-order valence-corrected chi connectivity index (χ0v) is 41.6. The third-order valence-corrected chi connectivity index (χ3v) is 12.7. The van der Waals surface area contributed by atoms with Crippen LogP contribution in [-0.2, 0) is 51.7 Å². The summed E-state index contributed by atoms with van der Waals surface area (Å²) < 4.78 is 57.2. The molecule has 1 aliphatic rings. The molecular formula is C46H57BrN10O13S. The Balaban J connectivity index is 1.00. The Morgan fingerprint density at radius 3 is 2.25 bits per heavy atom. The number of aliphatic hydroxyl groups is 3. The van der Waals surface area contributed by atoms with E-state index in [1.807, 2.05) is 43.3 Å². The quantitative estimate of drug-likeness (QED) is 0.0145. The second-order valence-corrected chi connectivity index (χ2v) is 19.6. The number of alkyl halides is 1. The molecule has 1 fully saturated rings. The monoisotopic (exact) mass is 1070 g/mol. The zero-order chi connectivity index (χ0) is 51.3. The lowest BCUT2D eigenvalue weighted by Crippen LogP contribution is -2.66. The molecule has 1 aliphatic heterocycles. The molecular weight excluding hydrogens is 1010 g/mol. The minimum Gasteiger partial charge on any atom is -0.394 e. The fraction of sp³-hybridized carbons (Fsp3) is 0.413. The molecule has 0 aliphatic carbocycles. The number of carbonyl (C=O) groups excluding carboxylic acids is 3. The Labute approximate surface area is 417 Å². The number of azo groups is 1. The van der Waals surface area contributed by atoms with Gasteiger partial charge in [-0.15, -0.1) is 5.10 Å². The number of benzene rings is 4. The van der Waals surface area contributed by atoms with Gasteiger partial charge in [0.1, 0.15) is 34.9 Å². The van der Waals surface area contributed by atoms with Crippen molar-refractivity contribution in [3.05, 3.63) is 102 Å². The van der Waals surface area contributed by atoms with Crippen molar-refractivity contribution in [2.45, 2.75) is 73.1 Å². The number of aliphatic hydroxyl groups excluding tert-OH is 3. The summed E-state index contributed by atoms with van der Waals surface area (Å²) in [6.07, 6.45) is -5.94. The predicted octanol–water partition coefficient (Wildman–Crippen LogP) is 2.79. The van der Waals surface area contributed by atoms with Crippen LogP contribution in [0.3, 0.4) is 0 Å². The number of anilines is 2. The number of halogens is 1. The molecule has 0 spiro atoms. The largest absolute Gasteiger partial charge is 0.394 e. The number of aromatic nitrogens is 3. The van der Waals surface area contributed by atoms with E-state index in [1.165, 1.54) is 30.7 Å². The second kappa shape index (κ2) is 24.9. The molecule has 4 aromatic carbocycles. The maximum Gasteiger partial charge on any atom is 0.295 e. The molecule has 25 heteroatoms. The first-order valence-corrected chi connectivity index (χ1v) is 24.5. The van der Waals surface area contributed by atoms with Crippen LogP contribution in [0.5, 0.6) is 0 Å². The van der Waals surface area contributed by atoms with Crippen LogP contribution >= 0.6 is 15.9 Å². The summed E-state index contributed by atoms with van der Waals surface area (Å²) in [4.78, 5) is 40.5. The highest BCUT2D eigenvalue weighted by atomic mass is 79.9. The number of nitrogens with one attached hydrogen (secondary N) is 4. The molecule has 382 valence electrons. The van der Waals surface area contributed by atoms with E-state index in [4.69, 9.17) is 18.9 Å². The highest BCUT2D eigenvalue weighted by Crippen LogP contribution is 2.32. The molecule has 0 saturated carbocycles. The predicted molar refractivity (Wildman–Crippen MR) is 262 cm³/mol. The van der Waals surface area contributed by atoms with E-state index in [0.717, 1.165) is 5.69 Å². The Kier molecular flexibility index (Phi) is 19.1. The average molecular weight is 1070 g/mol. The van der Waals surface area contributed by atoms with Gasteiger partial charge in [0, 0.05) is 61.8 Å². The first kappa shape index (κ1) is 54.3. The molecule has 8 N–H and O–H groups in total. The molecule has 6 rings (SSSR count). The molecule has 1 aromatic heterocycles. The van der Waals surface area contributed by atoms with Gasteiger partial charge in [-0.05, 0) is 67.6 Å².